The Hall–Kier alpha value is -1.61. The number of carbonyl (C=O) groups is 1. The second kappa shape index (κ2) is 6.23. The summed E-state index contributed by atoms with van der Waals surface area (Å²) in [5.41, 5.74) is 4.12. The monoisotopic (exact) mass is 270 g/mol. The fourth-order valence-corrected chi connectivity index (χ4v) is 3.07. The average molecular weight is 270 g/mol. The molecule has 1 aromatic rings. The molecule has 0 spiro atoms. The van der Waals surface area contributed by atoms with Crippen LogP contribution in [0.4, 0.5) is 0 Å². The Kier molecular flexibility index (Phi) is 4.16. The van der Waals surface area contributed by atoms with Crippen molar-refractivity contribution < 1.29 is 4.79 Å². The van der Waals surface area contributed by atoms with Crippen LogP contribution in [0, 0.1) is 0 Å². The number of amides is 1. The van der Waals surface area contributed by atoms with E-state index in [-0.39, 0.29) is 11.9 Å². The number of allylic oxidation sites excluding steroid dienone is 1. The van der Waals surface area contributed by atoms with Gasteiger partial charge in [-0.05, 0) is 43.2 Å². The molecule has 1 aliphatic heterocycles. The number of rotatable bonds is 4. The van der Waals surface area contributed by atoms with Gasteiger partial charge in [0.1, 0.15) is 0 Å². The maximum absolute atomic E-state index is 12.2. The molecular weight excluding hydrogens is 248 g/mol. The van der Waals surface area contributed by atoms with Crippen LogP contribution in [-0.2, 0) is 17.8 Å². The van der Waals surface area contributed by atoms with E-state index in [1.807, 2.05) is 6.07 Å². The maximum atomic E-state index is 12.2. The zero-order chi connectivity index (χ0) is 13.8. The molecule has 0 saturated heterocycles. The van der Waals surface area contributed by atoms with Gasteiger partial charge < -0.3 is 10.6 Å². The van der Waals surface area contributed by atoms with Crippen molar-refractivity contribution in [2.24, 2.45) is 0 Å². The van der Waals surface area contributed by atoms with Crippen LogP contribution < -0.4 is 10.6 Å². The minimum absolute atomic E-state index is 0.0811. The van der Waals surface area contributed by atoms with Gasteiger partial charge in [-0.3, -0.25) is 4.79 Å². The molecule has 106 valence electrons. The first-order valence-corrected chi connectivity index (χ1v) is 7.59. The van der Waals surface area contributed by atoms with E-state index >= 15 is 0 Å². The predicted molar refractivity (Wildman–Crippen MR) is 80.3 cm³/mol. The second-order valence-electron chi connectivity index (χ2n) is 5.70. The lowest BCUT2D eigenvalue weighted by Crippen LogP contribution is -2.47. The zero-order valence-corrected chi connectivity index (χ0v) is 11.8. The van der Waals surface area contributed by atoms with Gasteiger partial charge in [-0.25, -0.2) is 0 Å². The number of carbonyl (C=O) groups excluding carboxylic acids is 1. The molecule has 0 bridgehead atoms. The molecule has 1 amide bonds. The molecule has 0 radical (unpaired) electrons. The molecule has 1 atom stereocenters. The molecule has 0 aromatic heterocycles. The van der Waals surface area contributed by atoms with Crippen LogP contribution in [0.3, 0.4) is 0 Å². The average Bonchev–Trinajstić information content (AvgIpc) is 3.00. The van der Waals surface area contributed by atoms with Crippen LogP contribution in [0.2, 0.25) is 0 Å². The summed E-state index contributed by atoms with van der Waals surface area (Å²) in [7, 11) is 0. The van der Waals surface area contributed by atoms with Crippen molar-refractivity contribution in [3.05, 3.63) is 47.0 Å². The highest BCUT2D eigenvalue weighted by molar-refractivity contribution is 5.82. The van der Waals surface area contributed by atoms with E-state index in [0.717, 1.165) is 25.9 Å². The highest BCUT2D eigenvalue weighted by atomic mass is 16.2. The molecule has 20 heavy (non-hydrogen) atoms. The quantitative estimate of drug-likeness (QED) is 0.824. The molecule has 1 heterocycles. The highest BCUT2D eigenvalue weighted by Gasteiger charge is 2.23. The van der Waals surface area contributed by atoms with Crippen LogP contribution in [-0.4, -0.2) is 18.5 Å². The molecule has 0 fully saturated rings. The Bertz CT molecular complexity index is 521. The van der Waals surface area contributed by atoms with E-state index in [1.165, 1.54) is 36.0 Å². The molecule has 3 nitrogen and oxygen atoms in total. The van der Waals surface area contributed by atoms with E-state index in [0.29, 0.717) is 0 Å². The summed E-state index contributed by atoms with van der Waals surface area (Å²) < 4.78 is 0. The van der Waals surface area contributed by atoms with E-state index in [9.17, 15) is 4.79 Å². The summed E-state index contributed by atoms with van der Waals surface area (Å²) >= 11 is 0. The molecule has 3 rings (SSSR count). The molecule has 2 aliphatic rings. The molecule has 3 heteroatoms. The first kappa shape index (κ1) is 13.4. The van der Waals surface area contributed by atoms with Gasteiger partial charge in [-0.1, -0.05) is 35.9 Å². The Morgan fingerprint density at radius 2 is 2.15 bits per heavy atom. The van der Waals surface area contributed by atoms with Crippen molar-refractivity contribution >= 4 is 5.91 Å². The largest absolute Gasteiger partial charge is 0.354 e. The smallest absolute Gasteiger partial charge is 0.237 e. The summed E-state index contributed by atoms with van der Waals surface area (Å²) in [5, 5.41) is 6.39. The van der Waals surface area contributed by atoms with Gasteiger partial charge >= 0.3 is 0 Å². The van der Waals surface area contributed by atoms with E-state index < -0.39 is 0 Å². The van der Waals surface area contributed by atoms with Crippen molar-refractivity contribution in [2.45, 2.75) is 44.7 Å². The minimum atomic E-state index is -0.0811. The lowest BCUT2D eigenvalue weighted by atomic mass is 9.95. The van der Waals surface area contributed by atoms with Gasteiger partial charge in [-0.15, -0.1) is 0 Å². The van der Waals surface area contributed by atoms with Gasteiger partial charge in [0.05, 0.1) is 6.04 Å². The van der Waals surface area contributed by atoms with Crippen molar-refractivity contribution in [2.75, 3.05) is 6.54 Å². The van der Waals surface area contributed by atoms with E-state index in [2.05, 4.69) is 34.9 Å². The van der Waals surface area contributed by atoms with E-state index in [1.54, 1.807) is 0 Å². The Morgan fingerprint density at radius 3 is 2.95 bits per heavy atom. The summed E-state index contributed by atoms with van der Waals surface area (Å²) in [4.78, 5) is 12.2. The SMILES string of the molecule is O=C(NCCC1=CCCC1)[C@H]1Cc2ccccc2CN1. The predicted octanol–water partition coefficient (Wildman–Crippen LogP) is 2.32. The van der Waals surface area contributed by atoms with Crippen molar-refractivity contribution in [3.63, 3.8) is 0 Å². The van der Waals surface area contributed by atoms with Crippen LogP contribution in [0.5, 0.6) is 0 Å². The van der Waals surface area contributed by atoms with Gasteiger partial charge in [-0.2, -0.15) is 0 Å². The Balaban J connectivity index is 1.48. The normalized spacial score (nSPS) is 21.2. The number of nitrogens with one attached hydrogen (secondary N) is 2. The third kappa shape index (κ3) is 3.10. The van der Waals surface area contributed by atoms with Crippen LogP contribution >= 0.6 is 0 Å². The summed E-state index contributed by atoms with van der Waals surface area (Å²) in [6.45, 7) is 1.56. The Morgan fingerprint density at radius 1 is 1.30 bits per heavy atom. The second-order valence-corrected chi connectivity index (χ2v) is 5.70. The third-order valence-corrected chi connectivity index (χ3v) is 4.28. The fraction of sp³-hybridized carbons (Fsp3) is 0.471. The van der Waals surface area contributed by atoms with Crippen LogP contribution in [0.15, 0.2) is 35.9 Å². The number of hydrogen-bond donors (Lipinski definition) is 2. The van der Waals surface area contributed by atoms with Gasteiger partial charge in [0.25, 0.3) is 0 Å². The summed E-state index contributed by atoms with van der Waals surface area (Å²) in [6.07, 6.45) is 7.83. The minimum Gasteiger partial charge on any atom is -0.354 e. The molecular formula is C17H22N2O. The molecule has 0 saturated carbocycles. The van der Waals surface area contributed by atoms with Crippen molar-refractivity contribution in [1.29, 1.82) is 0 Å². The molecule has 2 N–H and O–H groups in total. The summed E-state index contributed by atoms with van der Waals surface area (Å²) in [6, 6.07) is 8.27. The zero-order valence-electron chi connectivity index (χ0n) is 11.8. The van der Waals surface area contributed by atoms with Crippen molar-refractivity contribution in [1.82, 2.24) is 10.6 Å². The topological polar surface area (TPSA) is 41.1 Å². The first-order valence-electron chi connectivity index (χ1n) is 7.59. The Labute approximate surface area is 120 Å². The number of fused-ring (bicyclic) bond motifs is 1. The standard InChI is InChI=1S/C17H22N2O/c20-17(18-10-9-13-5-1-2-6-13)16-11-14-7-3-4-8-15(14)12-19-16/h3-5,7-8,16,19H,1-2,6,9-12H2,(H,18,20)/t16-/m1/s1. The lowest BCUT2D eigenvalue weighted by molar-refractivity contribution is -0.123. The number of hydrogen-bond acceptors (Lipinski definition) is 2. The summed E-state index contributed by atoms with van der Waals surface area (Å²) in [5.74, 6) is 0.137. The highest BCUT2D eigenvalue weighted by Crippen LogP contribution is 2.20. The van der Waals surface area contributed by atoms with Gasteiger partial charge in [0.2, 0.25) is 5.91 Å². The fourth-order valence-electron chi connectivity index (χ4n) is 3.07. The third-order valence-electron chi connectivity index (χ3n) is 4.28. The van der Waals surface area contributed by atoms with Gasteiger partial charge in [0.15, 0.2) is 0 Å². The van der Waals surface area contributed by atoms with Crippen LogP contribution in [0.25, 0.3) is 0 Å². The molecule has 1 aromatic carbocycles. The lowest BCUT2D eigenvalue weighted by Gasteiger charge is -2.25. The van der Waals surface area contributed by atoms with Crippen LogP contribution in [0.1, 0.15) is 36.8 Å². The maximum Gasteiger partial charge on any atom is 0.237 e. The first-order chi connectivity index (χ1) is 9.83. The molecule has 1 aliphatic carbocycles. The van der Waals surface area contributed by atoms with E-state index in [4.69, 9.17) is 0 Å². The molecule has 0 unspecified atom stereocenters. The van der Waals surface area contributed by atoms with Gasteiger partial charge in [0, 0.05) is 13.1 Å². The number of benzene rings is 1. The van der Waals surface area contributed by atoms with Crippen molar-refractivity contribution in [3.8, 4) is 0 Å².